The average molecular weight is 269 g/mol. The zero-order valence-electron chi connectivity index (χ0n) is 8.93. The molecule has 1 heterocycles. The van der Waals surface area contributed by atoms with E-state index in [1.165, 1.54) is 0 Å². The minimum atomic E-state index is -5.09. The Morgan fingerprint density at radius 1 is 1.44 bits per heavy atom. The number of aromatic nitrogens is 1. The minimum Gasteiger partial charge on any atom is -0.465 e. The topological polar surface area (TPSA) is 68.4 Å². The Kier molecular flexibility index (Phi) is 3.94. The molecule has 0 aromatic carbocycles. The number of methoxy groups -OCH3 is 1. The van der Waals surface area contributed by atoms with Gasteiger partial charge < -0.3 is 14.5 Å². The van der Waals surface area contributed by atoms with Gasteiger partial charge in [-0.1, -0.05) is 0 Å². The lowest BCUT2D eigenvalue weighted by atomic mass is 10.1. The third-order valence-corrected chi connectivity index (χ3v) is 1.91. The van der Waals surface area contributed by atoms with Crippen LogP contribution in [-0.4, -0.2) is 24.4 Å². The van der Waals surface area contributed by atoms with E-state index in [-0.39, 0.29) is 0 Å². The smallest absolute Gasteiger partial charge is 0.465 e. The van der Waals surface area contributed by atoms with Crippen molar-refractivity contribution in [3.8, 4) is 5.75 Å². The first-order valence-electron chi connectivity index (χ1n) is 4.44. The summed E-state index contributed by atoms with van der Waals surface area (Å²) in [7, 11) is 0.878. The van der Waals surface area contributed by atoms with Crippen LogP contribution in [0, 0.1) is 0 Å². The molecule has 0 saturated carbocycles. The van der Waals surface area contributed by atoms with E-state index in [0.29, 0.717) is 6.20 Å². The second kappa shape index (κ2) is 5.07. The van der Waals surface area contributed by atoms with Crippen LogP contribution < -0.4 is 10.3 Å². The van der Waals surface area contributed by atoms with Crippen LogP contribution in [0.4, 0.5) is 17.6 Å². The molecule has 0 aliphatic rings. The van der Waals surface area contributed by atoms with Gasteiger partial charge >= 0.3 is 12.3 Å². The molecule has 0 aliphatic carbocycles. The summed E-state index contributed by atoms with van der Waals surface area (Å²) < 4.78 is 56.5. The molecular weight excluding hydrogens is 262 g/mol. The molecule has 0 saturated heterocycles. The summed E-state index contributed by atoms with van der Waals surface area (Å²) >= 11 is 0. The fourth-order valence-electron chi connectivity index (χ4n) is 1.21. The number of hydrogen-bond donors (Lipinski definition) is 1. The number of carbonyl (C=O) groups is 1. The van der Waals surface area contributed by atoms with E-state index in [1.807, 2.05) is 4.98 Å². The summed E-state index contributed by atoms with van der Waals surface area (Å²) in [5.74, 6) is -2.32. The van der Waals surface area contributed by atoms with E-state index in [0.717, 1.165) is 7.11 Å². The predicted octanol–water partition coefficient (Wildman–Crippen LogP) is 1.53. The van der Waals surface area contributed by atoms with Gasteiger partial charge in [-0.3, -0.25) is 4.79 Å². The van der Waals surface area contributed by atoms with Gasteiger partial charge in [-0.25, -0.2) is 9.18 Å². The molecule has 100 valence electrons. The first kappa shape index (κ1) is 14.0. The molecule has 0 amide bonds. The molecule has 1 rings (SSSR count). The predicted molar refractivity (Wildman–Crippen MR) is 49.9 cm³/mol. The highest BCUT2D eigenvalue weighted by Crippen LogP contribution is 2.27. The van der Waals surface area contributed by atoms with Gasteiger partial charge in [-0.15, -0.1) is 13.2 Å². The molecule has 0 spiro atoms. The summed E-state index contributed by atoms with van der Waals surface area (Å²) in [6.45, 7) is -1.44. The van der Waals surface area contributed by atoms with E-state index in [2.05, 4.69) is 9.47 Å². The number of rotatable bonds is 3. The number of alkyl halides is 4. The summed E-state index contributed by atoms with van der Waals surface area (Å²) in [6, 6.07) is 0. The van der Waals surface area contributed by atoms with Gasteiger partial charge in [0.1, 0.15) is 12.2 Å². The Balaban J connectivity index is 3.43. The van der Waals surface area contributed by atoms with Crippen molar-refractivity contribution in [1.29, 1.82) is 0 Å². The first-order valence-corrected chi connectivity index (χ1v) is 4.44. The number of pyridine rings is 1. The average Bonchev–Trinajstić information content (AvgIpc) is 2.28. The molecule has 5 nitrogen and oxygen atoms in total. The van der Waals surface area contributed by atoms with Crippen LogP contribution in [0.1, 0.15) is 15.9 Å². The molecule has 0 bridgehead atoms. The second-order valence-corrected chi connectivity index (χ2v) is 3.01. The van der Waals surface area contributed by atoms with Crippen molar-refractivity contribution in [2.45, 2.75) is 13.0 Å². The zero-order valence-corrected chi connectivity index (χ0v) is 8.93. The van der Waals surface area contributed by atoms with Gasteiger partial charge in [-0.2, -0.15) is 0 Å². The van der Waals surface area contributed by atoms with Gasteiger partial charge in [0.25, 0.3) is 5.56 Å². The monoisotopic (exact) mass is 269 g/mol. The number of H-pyrrole nitrogens is 1. The highest BCUT2D eigenvalue weighted by molar-refractivity contribution is 5.93. The van der Waals surface area contributed by atoms with Crippen molar-refractivity contribution < 1.29 is 31.8 Å². The van der Waals surface area contributed by atoms with Crippen LogP contribution in [0.5, 0.6) is 5.75 Å². The number of esters is 1. The van der Waals surface area contributed by atoms with Crippen LogP contribution in [0.2, 0.25) is 0 Å². The SMILES string of the molecule is COC(=O)c1c(OC(F)(F)F)c[nH]c(=O)c1CF. The molecule has 1 aromatic heterocycles. The van der Waals surface area contributed by atoms with Crippen molar-refractivity contribution in [2.24, 2.45) is 0 Å². The third kappa shape index (κ3) is 2.99. The minimum absolute atomic E-state index is 0.515. The van der Waals surface area contributed by atoms with Crippen molar-refractivity contribution in [1.82, 2.24) is 4.98 Å². The van der Waals surface area contributed by atoms with Crippen molar-refractivity contribution >= 4 is 5.97 Å². The van der Waals surface area contributed by atoms with E-state index in [1.54, 1.807) is 0 Å². The fourth-order valence-corrected chi connectivity index (χ4v) is 1.21. The molecule has 0 unspecified atom stereocenters. The quantitative estimate of drug-likeness (QED) is 0.667. The van der Waals surface area contributed by atoms with Gasteiger partial charge in [0.05, 0.1) is 12.7 Å². The molecule has 1 N–H and O–H groups in total. The van der Waals surface area contributed by atoms with E-state index < -0.39 is 41.4 Å². The van der Waals surface area contributed by atoms with Crippen LogP contribution in [-0.2, 0) is 11.4 Å². The normalized spacial score (nSPS) is 11.2. The molecule has 0 aliphatic heterocycles. The van der Waals surface area contributed by atoms with Gasteiger partial charge in [0, 0.05) is 6.20 Å². The molecule has 1 aromatic rings. The zero-order chi connectivity index (χ0) is 13.9. The number of halogens is 4. The Labute approximate surface area is 97.3 Å². The number of carbonyl (C=O) groups excluding carboxylic acids is 1. The van der Waals surface area contributed by atoms with E-state index in [4.69, 9.17) is 0 Å². The van der Waals surface area contributed by atoms with Crippen LogP contribution >= 0.6 is 0 Å². The number of nitrogens with one attached hydrogen (secondary N) is 1. The largest absolute Gasteiger partial charge is 0.573 e. The third-order valence-electron chi connectivity index (χ3n) is 1.91. The lowest BCUT2D eigenvalue weighted by Crippen LogP contribution is -2.24. The molecule has 0 atom stereocenters. The summed E-state index contributed by atoms with van der Waals surface area (Å²) in [5.41, 5.74) is -2.71. The summed E-state index contributed by atoms with van der Waals surface area (Å²) in [4.78, 5) is 24.3. The van der Waals surface area contributed by atoms with Crippen molar-refractivity contribution in [2.75, 3.05) is 7.11 Å². The molecule has 0 radical (unpaired) electrons. The first-order chi connectivity index (χ1) is 8.30. The maximum atomic E-state index is 12.6. The van der Waals surface area contributed by atoms with Crippen molar-refractivity contribution in [3.05, 3.63) is 27.7 Å². The van der Waals surface area contributed by atoms with E-state index in [9.17, 15) is 27.2 Å². The summed E-state index contributed by atoms with van der Waals surface area (Å²) in [5, 5.41) is 0. The summed E-state index contributed by atoms with van der Waals surface area (Å²) in [6.07, 6.45) is -4.57. The molecular formula is C9H7F4NO4. The van der Waals surface area contributed by atoms with E-state index >= 15 is 0 Å². The van der Waals surface area contributed by atoms with Crippen LogP contribution in [0.3, 0.4) is 0 Å². The Bertz CT molecular complexity index is 508. The van der Waals surface area contributed by atoms with Crippen LogP contribution in [0.25, 0.3) is 0 Å². The Hall–Kier alpha value is -2.06. The maximum Gasteiger partial charge on any atom is 0.573 e. The second-order valence-electron chi connectivity index (χ2n) is 3.01. The van der Waals surface area contributed by atoms with Gasteiger partial charge in [0.2, 0.25) is 0 Å². The van der Waals surface area contributed by atoms with Gasteiger partial charge in [0.15, 0.2) is 5.75 Å². The highest BCUT2D eigenvalue weighted by Gasteiger charge is 2.34. The number of ether oxygens (including phenoxy) is 2. The lowest BCUT2D eigenvalue weighted by Gasteiger charge is -2.13. The Morgan fingerprint density at radius 2 is 2.06 bits per heavy atom. The molecule has 0 fully saturated rings. The maximum absolute atomic E-state index is 12.6. The molecule has 18 heavy (non-hydrogen) atoms. The number of hydrogen-bond acceptors (Lipinski definition) is 4. The standard InChI is InChI=1S/C9H7F4NO4/c1-17-8(16)6-4(2-10)7(15)14-3-5(6)18-9(11,12)13/h3H,2H2,1H3,(H,14,15). The highest BCUT2D eigenvalue weighted by atomic mass is 19.4. The van der Waals surface area contributed by atoms with Crippen LogP contribution in [0.15, 0.2) is 11.0 Å². The van der Waals surface area contributed by atoms with Crippen molar-refractivity contribution in [3.63, 3.8) is 0 Å². The van der Waals surface area contributed by atoms with Gasteiger partial charge in [-0.05, 0) is 0 Å². The lowest BCUT2D eigenvalue weighted by molar-refractivity contribution is -0.274. The molecule has 9 heteroatoms. The Morgan fingerprint density at radius 3 is 2.50 bits per heavy atom. The number of aromatic amines is 1. The fraction of sp³-hybridized carbons (Fsp3) is 0.333.